The van der Waals surface area contributed by atoms with E-state index in [1.807, 2.05) is 30.3 Å². The molecule has 5 rings (SSSR count). The fourth-order valence-corrected chi connectivity index (χ4v) is 4.30. The maximum atomic E-state index is 14.7. The normalized spacial score (nSPS) is 11.1. The van der Waals surface area contributed by atoms with E-state index in [1.165, 1.54) is 16.8 Å². The van der Waals surface area contributed by atoms with Crippen molar-refractivity contribution in [2.75, 3.05) is 6.61 Å². The van der Waals surface area contributed by atoms with Crippen molar-refractivity contribution < 1.29 is 14.1 Å². The molecule has 0 radical (unpaired) electrons. The molecule has 180 valence electrons. The summed E-state index contributed by atoms with van der Waals surface area (Å²) < 4.78 is 22.1. The Bertz CT molecular complexity index is 1600. The first kappa shape index (κ1) is 23.4. The van der Waals surface area contributed by atoms with E-state index in [0.717, 1.165) is 10.9 Å². The van der Waals surface area contributed by atoms with Crippen LogP contribution in [0.2, 0.25) is 5.02 Å². The summed E-state index contributed by atoms with van der Waals surface area (Å²) in [6.45, 7) is 2.20. The van der Waals surface area contributed by atoms with E-state index in [0.29, 0.717) is 38.9 Å². The number of benzene rings is 3. The van der Waals surface area contributed by atoms with Crippen LogP contribution in [0.3, 0.4) is 0 Å². The Morgan fingerprint density at radius 1 is 1.06 bits per heavy atom. The van der Waals surface area contributed by atoms with Crippen LogP contribution >= 0.6 is 11.6 Å². The molecule has 7 nitrogen and oxygen atoms in total. The second-order valence-electron chi connectivity index (χ2n) is 8.15. The van der Waals surface area contributed by atoms with Gasteiger partial charge in [0.1, 0.15) is 30.9 Å². The predicted octanol–water partition coefficient (Wildman–Crippen LogP) is 6.85. The quantitative estimate of drug-likeness (QED) is 0.179. The molecule has 0 atom stereocenters. The van der Waals surface area contributed by atoms with Gasteiger partial charge in [-0.15, -0.1) is 0 Å². The zero-order valence-corrected chi connectivity index (χ0v) is 19.9. The van der Waals surface area contributed by atoms with Crippen LogP contribution < -0.4 is 4.74 Å². The van der Waals surface area contributed by atoms with E-state index < -0.39 is 4.92 Å². The molecule has 2 heterocycles. The molecule has 9 heteroatoms. The Kier molecular flexibility index (Phi) is 6.35. The van der Waals surface area contributed by atoms with E-state index in [4.69, 9.17) is 21.3 Å². The molecule has 0 aliphatic heterocycles. The van der Waals surface area contributed by atoms with Crippen LogP contribution in [0.5, 0.6) is 5.75 Å². The third kappa shape index (κ3) is 4.63. The van der Waals surface area contributed by atoms with E-state index in [1.54, 1.807) is 43.3 Å². The molecule has 0 N–H and O–H groups in total. The number of aromatic nitrogens is 3. The molecule has 0 unspecified atom stereocenters. The van der Waals surface area contributed by atoms with Crippen LogP contribution in [0.4, 0.5) is 10.2 Å². The summed E-state index contributed by atoms with van der Waals surface area (Å²) in [5.41, 5.74) is 3.26. The summed E-state index contributed by atoms with van der Waals surface area (Å²) in [5.74, 6) is 0.710. The van der Waals surface area contributed by atoms with Crippen molar-refractivity contribution >= 4 is 28.3 Å². The van der Waals surface area contributed by atoms with E-state index in [-0.39, 0.29) is 24.8 Å². The number of nitrogens with zero attached hydrogens (tertiary/aromatic N) is 4. The second-order valence-corrected chi connectivity index (χ2v) is 8.58. The van der Waals surface area contributed by atoms with Crippen molar-refractivity contribution in [2.24, 2.45) is 0 Å². The van der Waals surface area contributed by atoms with Crippen molar-refractivity contribution in [1.82, 2.24) is 14.5 Å². The zero-order valence-electron chi connectivity index (χ0n) is 19.2. The molecule has 0 amide bonds. The number of fused-ring (bicyclic) bond motifs is 1. The highest BCUT2D eigenvalue weighted by Gasteiger charge is 2.17. The average molecular weight is 503 g/mol. The fourth-order valence-electron chi connectivity index (χ4n) is 4.13. The van der Waals surface area contributed by atoms with Crippen LogP contribution in [0.25, 0.3) is 33.3 Å². The molecule has 5 aromatic rings. The highest BCUT2D eigenvalue weighted by Crippen LogP contribution is 2.35. The standard InChI is InChI=1S/C27H20ClFN4O3/c1-17-30-16-27(33(34)35)32(17)11-12-36-20-6-4-5-18(13-20)26-15-22(21-7-2-3-8-24(21)29)23-14-19(28)9-10-25(23)31-26/h2-10,13-16H,11-12H2,1H3. The number of hydrogen-bond donors (Lipinski definition) is 0. The molecule has 0 bridgehead atoms. The van der Waals surface area contributed by atoms with Crippen molar-refractivity contribution in [3.8, 4) is 28.1 Å². The Morgan fingerprint density at radius 2 is 1.89 bits per heavy atom. The summed E-state index contributed by atoms with van der Waals surface area (Å²) >= 11 is 6.24. The first-order valence-corrected chi connectivity index (χ1v) is 11.5. The number of aryl methyl sites for hydroxylation is 1. The van der Waals surface area contributed by atoms with Gasteiger partial charge in [0.25, 0.3) is 0 Å². The van der Waals surface area contributed by atoms with Gasteiger partial charge in [-0.05, 0) is 53.0 Å². The lowest BCUT2D eigenvalue weighted by molar-refractivity contribution is -0.392. The van der Waals surface area contributed by atoms with Gasteiger partial charge >= 0.3 is 5.82 Å². The minimum Gasteiger partial charge on any atom is -0.489 e. The van der Waals surface area contributed by atoms with E-state index in [2.05, 4.69) is 4.98 Å². The van der Waals surface area contributed by atoms with Gasteiger partial charge in [0, 0.05) is 28.5 Å². The summed E-state index contributed by atoms with van der Waals surface area (Å²) in [7, 11) is 0. The SMILES string of the molecule is Cc1ncc([N+](=O)[O-])n1CCOc1cccc(-c2cc(-c3ccccc3F)c3cc(Cl)ccc3n2)c1. The molecule has 2 aromatic heterocycles. The van der Waals surface area contributed by atoms with Gasteiger partial charge in [-0.3, -0.25) is 0 Å². The van der Waals surface area contributed by atoms with Crippen molar-refractivity contribution in [1.29, 1.82) is 0 Å². The molecule has 0 fully saturated rings. The number of rotatable bonds is 7. The molecule has 0 saturated carbocycles. The fraction of sp³-hybridized carbons (Fsp3) is 0.111. The van der Waals surface area contributed by atoms with Crippen LogP contribution in [0, 0.1) is 22.9 Å². The Balaban J connectivity index is 1.47. The van der Waals surface area contributed by atoms with Gasteiger partial charge < -0.3 is 14.9 Å². The number of nitro groups is 1. The van der Waals surface area contributed by atoms with Crippen LogP contribution in [0.15, 0.2) is 79.0 Å². The predicted molar refractivity (Wildman–Crippen MR) is 137 cm³/mol. The van der Waals surface area contributed by atoms with Gasteiger partial charge in [-0.2, -0.15) is 0 Å². The summed E-state index contributed by atoms with van der Waals surface area (Å²) in [5, 5.41) is 12.5. The minimum atomic E-state index is -0.466. The summed E-state index contributed by atoms with van der Waals surface area (Å²) in [6, 6.07) is 21.2. The molecule has 0 aliphatic carbocycles. The molecule has 0 spiro atoms. The Labute approximate surface area is 210 Å². The lowest BCUT2D eigenvalue weighted by Crippen LogP contribution is -2.11. The lowest BCUT2D eigenvalue weighted by atomic mass is 9.98. The zero-order chi connectivity index (χ0) is 25.2. The molecular formula is C27H20ClFN4O3. The highest BCUT2D eigenvalue weighted by atomic mass is 35.5. The van der Waals surface area contributed by atoms with Gasteiger partial charge in [-0.25, -0.2) is 18.9 Å². The maximum absolute atomic E-state index is 14.7. The Hall–Kier alpha value is -4.30. The largest absolute Gasteiger partial charge is 0.489 e. The maximum Gasteiger partial charge on any atom is 0.342 e. The topological polar surface area (TPSA) is 83.1 Å². The number of pyridine rings is 1. The molecule has 36 heavy (non-hydrogen) atoms. The first-order valence-electron chi connectivity index (χ1n) is 11.2. The van der Waals surface area contributed by atoms with Crippen molar-refractivity contribution in [3.63, 3.8) is 0 Å². The molecular weight excluding hydrogens is 483 g/mol. The van der Waals surface area contributed by atoms with E-state index in [9.17, 15) is 14.5 Å². The third-order valence-electron chi connectivity index (χ3n) is 5.87. The smallest absolute Gasteiger partial charge is 0.342 e. The van der Waals surface area contributed by atoms with Crippen LogP contribution in [-0.2, 0) is 6.54 Å². The average Bonchev–Trinajstić information content (AvgIpc) is 3.24. The highest BCUT2D eigenvalue weighted by molar-refractivity contribution is 6.31. The lowest BCUT2D eigenvalue weighted by Gasteiger charge is -2.12. The van der Waals surface area contributed by atoms with Crippen LogP contribution in [0.1, 0.15) is 5.82 Å². The van der Waals surface area contributed by atoms with Gasteiger partial charge in [0.2, 0.25) is 0 Å². The molecule has 0 saturated heterocycles. The van der Waals surface area contributed by atoms with Crippen molar-refractivity contribution in [2.45, 2.75) is 13.5 Å². The second kappa shape index (κ2) is 9.75. The van der Waals surface area contributed by atoms with Gasteiger partial charge in [-0.1, -0.05) is 41.9 Å². The van der Waals surface area contributed by atoms with Gasteiger partial charge in [0.05, 0.1) is 11.2 Å². The monoisotopic (exact) mass is 502 g/mol. The number of imidazole rings is 1. The first-order chi connectivity index (χ1) is 17.4. The third-order valence-corrected chi connectivity index (χ3v) is 6.10. The number of halogens is 2. The summed E-state index contributed by atoms with van der Waals surface area (Å²) in [4.78, 5) is 19.5. The van der Waals surface area contributed by atoms with Crippen molar-refractivity contribution in [3.05, 3.63) is 106 Å². The summed E-state index contributed by atoms with van der Waals surface area (Å²) in [6.07, 6.45) is 1.24. The molecule has 3 aromatic carbocycles. The van der Waals surface area contributed by atoms with Crippen LogP contribution in [-0.4, -0.2) is 26.1 Å². The van der Waals surface area contributed by atoms with E-state index >= 15 is 0 Å². The Morgan fingerprint density at radius 3 is 2.69 bits per heavy atom. The molecule has 0 aliphatic rings. The minimum absolute atomic E-state index is 0.0778. The number of ether oxygens (including phenoxy) is 1. The number of hydrogen-bond acceptors (Lipinski definition) is 5. The van der Waals surface area contributed by atoms with Gasteiger partial charge in [0.15, 0.2) is 5.82 Å².